The minimum absolute atomic E-state index is 0. The molecular weight excluding hydrogens is 1380 g/mol. The van der Waals surface area contributed by atoms with Crippen molar-refractivity contribution in [3.05, 3.63) is 71.8 Å². The number of aliphatic hydroxyl groups excluding tert-OH is 1. The number of carbonyl (C=O) groups excluding carboxylic acids is 11. The second-order valence-corrected chi connectivity index (χ2v) is 37.3. The maximum absolute atomic E-state index is 14.0. The first kappa shape index (κ1) is 94.3. The van der Waals surface area contributed by atoms with Gasteiger partial charge in [0.2, 0.25) is 23.6 Å². The maximum atomic E-state index is 14.0. The number of ether oxygens (including phenoxy) is 5. The molecule has 0 radical (unpaired) electrons. The molecule has 0 aromatic heterocycles. The molecule has 0 spiro atoms. The number of likely N-dealkylation sites (tertiary alicyclic amines) is 2. The van der Waals surface area contributed by atoms with Gasteiger partial charge in [-0.1, -0.05) is 171 Å². The fourth-order valence-corrected chi connectivity index (χ4v) is 13.4. The van der Waals surface area contributed by atoms with Crippen LogP contribution in [0.25, 0.3) is 0 Å². The van der Waals surface area contributed by atoms with Gasteiger partial charge in [-0.15, -0.1) is 0 Å². The van der Waals surface area contributed by atoms with E-state index in [0.717, 1.165) is 17.5 Å². The number of halogens is 1. The molecule has 2 aliphatic heterocycles. The largest absolute Gasteiger partial charge is 1.00 e. The lowest BCUT2D eigenvalue weighted by molar-refractivity contribution is -0.449. The number of Topliss-reactive ketones (excluding diaryl/α,β-unsaturated/α-hetero) is 2. The Kier molecular flexibility index (Phi) is 39.4. The zero-order chi connectivity index (χ0) is 78.9. The molecule has 0 bridgehead atoms. The van der Waals surface area contributed by atoms with Gasteiger partial charge in [-0.05, 0) is 138 Å². The van der Waals surface area contributed by atoms with Gasteiger partial charge in [0.25, 0.3) is 0 Å². The van der Waals surface area contributed by atoms with E-state index in [1.165, 1.54) is 23.6 Å². The van der Waals surface area contributed by atoms with Crippen LogP contribution in [0.15, 0.2) is 60.7 Å². The number of benzene rings is 2. The predicted octanol–water partition coefficient (Wildman–Crippen LogP) is 7.18. The molecule has 2 aliphatic rings. The number of esters is 4. The summed E-state index contributed by atoms with van der Waals surface area (Å²) >= 11 is 0. The van der Waals surface area contributed by atoms with Crippen LogP contribution in [0, 0.1) is 47.3 Å². The van der Waals surface area contributed by atoms with Gasteiger partial charge >= 0.3 is 30.0 Å². The van der Waals surface area contributed by atoms with Gasteiger partial charge in [0.1, 0.15) is 55.1 Å². The van der Waals surface area contributed by atoms with Crippen molar-refractivity contribution in [2.24, 2.45) is 47.3 Å². The molecule has 7 N–H and O–H groups in total. The first-order valence-electron chi connectivity index (χ1n) is 37.6. The lowest BCUT2D eigenvalue weighted by atomic mass is 9.92. The van der Waals surface area contributed by atoms with E-state index in [9.17, 15) is 57.8 Å². The molecule has 4 rings (SSSR count). The van der Waals surface area contributed by atoms with Crippen molar-refractivity contribution < 1.29 is 104 Å². The number of rotatable bonds is 37. The van der Waals surface area contributed by atoms with Crippen molar-refractivity contribution in [1.82, 2.24) is 25.8 Å². The summed E-state index contributed by atoms with van der Waals surface area (Å²) in [7, 11) is -2.52. The minimum Gasteiger partial charge on any atom is -1.00 e. The summed E-state index contributed by atoms with van der Waals surface area (Å²) in [6.07, 6.45) is -1.36. The third-order valence-electron chi connectivity index (χ3n) is 19.8. The second-order valence-electron chi connectivity index (χ2n) is 32.5. The lowest BCUT2D eigenvalue weighted by Crippen LogP contribution is -3.00. The van der Waals surface area contributed by atoms with E-state index < -0.39 is 157 Å². The van der Waals surface area contributed by atoms with Crippen molar-refractivity contribution in [3.63, 3.8) is 0 Å². The monoisotopic (exact) mass is 1510 g/mol. The number of hydrogen-bond donors (Lipinski definition) is 5. The Morgan fingerprint density at radius 3 is 1.30 bits per heavy atom. The van der Waals surface area contributed by atoms with E-state index in [0.29, 0.717) is 51.6 Å². The summed E-state index contributed by atoms with van der Waals surface area (Å²) in [6.45, 7) is 41.8. The number of nitrogens with one attached hydrogen (secondary N) is 3. The number of quaternary nitrogens is 1. The van der Waals surface area contributed by atoms with Gasteiger partial charge in [0, 0.05) is 19.0 Å². The molecule has 105 heavy (non-hydrogen) atoms. The number of aliphatic hydroxyl groups is 1. The van der Waals surface area contributed by atoms with Crippen LogP contribution in [0.5, 0.6) is 0 Å². The van der Waals surface area contributed by atoms with Crippen LogP contribution >= 0.6 is 0 Å². The van der Waals surface area contributed by atoms with Crippen LogP contribution < -0.4 is 34.1 Å². The van der Waals surface area contributed by atoms with E-state index in [4.69, 9.17) is 28.1 Å². The third-order valence-corrected chi connectivity index (χ3v) is 24.3. The summed E-state index contributed by atoms with van der Waals surface area (Å²) in [4.78, 5) is 151. The van der Waals surface area contributed by atoms with E-state index in [-0.39, 0.29) is 79.6 Å². The quantitative estimate of drug-likeness (QED) is 0.0193. The maximum Gasteiger partial charge on any atom is 0.407 e. The molecule has 0 saturated carbocycles. The minimum atomic E-state index is -2.52. The van der Waals surface area contributed by atoms with E-state index in [2.05, 4.69) is 55.5 Å². The zero-order valence-corrected chi connectivity index (χ0v) is 68.7. The van der Waals surface area contributed by atoms with Crippen molar-refractivity contribution in [3.8, 4) is 0 Å². The summed E-state index contributed by atoms with van der Waals surface area (Å²) in [5.41, 5.74) is 4.87. The zero-order valence-electron chi connectivity index (χ0n) is 66.9. The highest BCUT2D eigenvalue weighted by Gasteiger charge is 2.46. The third kappa shape index (κ3) is 30.4. The fraction of sp³-hybridized carbons (Fsp3) is 0.709. The van der Waals surface area contributed by atoms with Crippen LogP contribution in [0.4, 0.5) is 4.79 Å². The molecule has 2 heterocycles. The molecule has 0 aliphatic carbocycles. The van der Waals surface area contributed by atoms with Gasteiger partial charge in [-0.25, -0.2) is 14.4 Å². The number of carbonyl (C=O) groups is 11. The van der Waals surface area contributed by atoms with Gasteiger partial charge < -0.3 is 77.1 Å². The number of hydrogen-bond acceptors (Lipinski definition) is 18. The van der Waals surface area contributed by atoms with E-state index in [1.54, 1.807) is 48.5 Å². The van der Waals surface area contributed by atoms with Crippen molar-refractivity contribution in [1.29, 1.82) is 0 Å². The molecule has 2 unspecified atom stereocenters. The van der Waals surface area contributed by atoms with Crippen LogP contribution in [0.2, 0.25) is 18.1 Å². The molecule has 594 valence electrons. The summed E-state index contributed by atoms with van der Waals surface area (Å²) in [5, 5.41) is 18.7. The molecule has 5 amide bonds. The summed E-state index contributed by atoms with van der Waals surface area (Å²) < 4.78 is 34.9. The molecule has 2 aromatic carbocycles. The van der Waals surface area contributed by atoms with Gasteiger partial charge in [-0.2, -0.15) is 0 Å². The van der Waals surface area contributed by atoms with Crippen molar-refractivity contribution in [2.75, 3.05) is 13.1 Å². The summed E-state index contributed by atoms with van der Waals surface area (Å²) in [5.74, 6) is -9.26. The van der Waals surface area contributed by atoms with E-state index in [1.807, 2.05) is 116 Å². The van der Waals surface area contributed by atoms with Gasteiger partial charge in [-0.3, -0.25) is 38.4 Å². The standard InChI is InChI=1S/C45H75N3O10Si.C34H53N3O8.ClH/c1-16-30(6)37(47-43(54)57-44(8,9)10)35(58-59(14,15)45(11,12)13)26-36(49)56-39(29(4)5)38(50)31(7)40(51)46-33(25-28(2)3)41(52)48-24-20-23-34(48)42(53)55-27-32-21-18-17-19-22-32;1-8-22(6)29(35)27(38)18-28(39)45-31(21(4)5)30(40)23(7)32(41)36-25(17-20(2)3)33(42)37-16-12-15-26(37)34(43)44-19-24-13-10-9-11-14-24;/h17-19,21-22,28-31,33-35,37,39H,16,20,23-27H2,1-15H3,(H,46,51)(H,47,54);9-11,13-14,20-23,25-27,29,31,38H,8,12,15-19,35H2,1-7H3,(H,36,41);1H/t30-,31?,33-,34-,35-,37+,39-;22-,23?,25-,26-,27-,29+,31-;/m00./s1. The second kappa shape index (κ2) is 43.9. The molecule has 24 nitrogen and oxygen atoms in total. The molecule has 2 fully saturated rings. The number of alkyl carbamates (subject to hydrolysis) is 1. The Morgan fingerprint density at radius 1 is 0.571 bits per heavy atom. The average molecular weight is 1510 g/mol. The highest BCUT2D eigenvalue weighted by Crippen LogP contribution is 2.39. The van der Waals surface area contributed by atoms with Crippen LogP contribution in [0.3, 0.4) is 0 Å². The number of amides is 5. The summed E-state index contributed by atoms with van der Waals surface area (Å²) in [6, 6.07) is 14.1. The lowest BCUT2D eigenvalue weighted by Gasteiger charge is -2.42. The molecule has 2 aromatic rings. The Hall–Kier alpha value is -6.80. The smallest absolute Gasteiger partial charge is 0.407 e. The topological polar surface area (TPSA) is 334 Å². The number of ketones is 2. The molecule has 14 atom stereocenters. The predicted molar refractivity (Wildman–Crippen MR) is 399 cm³/mol. The van der Waals surface area contributed by atoms with Crippen molar-refractivity contribution >= 4 is 73.5 Å². The molecular formula is C79H129ClN6O18Si. The Balaban J connectivity index is 0.000000732. The van der Waals surface area contributed by atoms with Crippen LogP contribution in [-0.2, 0) is 89.3 Å². The molecule has 26 heteroatoms. The Bertz CT molecular complexity index is 3120. The highest BCUT2D eigenvalue weighted by atomic mass is 35.5. The van der Waals surface area contributed by atoms with Crippen LogP contribution in [0.1, 0.15) is 214 Å². The normalized spacial score (nSPS) is 18.2. The number of nitrogens with zero attached hydrogens (tertiary/aromatic N) is 2. The van der Waals surface area contributed by atoms with Gasteiger partial charge in [0.15, 0.2) is 32.1 Å². The highest BCUT2D eigenvalue weighted by molar-refractivity contribution is 6.74. The first-order chi connectivity index (χ1) is 48.4. The Labute approximate surface area is 632 Å². The Morgan fingerprint density at radius 2 is 0.952 bits per heavy atom. The average Bonchev–Trinajstić information content (AvgIpc) is 1.74. The van der Waals surface area contributed by atoms with E-state index >= 15 is 0 Å². The SMILES string of the molecule is CC[C@H](C)[C@@H](NC(=O)OC(C)(C)C)[C@H](CC(=O)O[C@H](C(=O)C(C)C(=O)N[C@@H](CC(C)C)C(=O)N1CCC[C@H]1C(=O)OCc1ccccc1)C(C)C)O[Si](C)(C)C(C)(C)C.CC[C@H](C)[C@@H]([NH3+])[C@@H](O)CC(=O)O[C@H](C(=O)C(C)C(=O)N[C@@H](CC(C)C)C(=O)N1CCC[C@H]1C(=O)OCc1ccccc1)C(C)C.[Cl-]. The van der Waals surface area contributed by atoms with Crippen molar-refractivity contribution in [2.45, 2.75) is 300 Å². The van der Waals surface area contributed by atoms with Crippen LogP contribution in [-0.4, -0.2) is 168 Å². The van der Waals surface area contributed by atoms with Gasteiger partial charge in [0.05, 0.1) is 36.8 Å². The fourth-order valence-electron chi connectivity index (χ4n) is 12.0. The first-order valence-corrected chi connectivity index (χ1v) is 40.5. The molecule has 2 saturated heterocycles.